The maximum absolute atomic E-state index is 12.5. The van der Waals surface area contributed by atoms with Crippen molar-refractivity contribution in [3.05, 3.63) is 54.1 Å². The first-order valence-electron chi connectivity index (χ1n) is 8.68. The van der Waals surface area contributed by atoms with E-state index in [0.29, 0.717) is 24.0 Å². The Kier molecular flexibility index (Phi) is 4.49. The number of rotatable bonds is 5. The Morgan fingerprint density at radius 1 is 1.31 bits per heavy atom. The predicted molar refractivity (Wildman–Crippen MR) is 97.9 cm³/mol. The minimum absolute atomic E-state index is 0.0358. The van der Waals surface area contributed by atoms with Crippen LogP contribution in [0, 0.1) is 0 Å². The molecular weight excluding hydrogens is 330 g/mol. The number of nitrogens with zero attached hydrogens (tertiary/aromatic N) is 5. The highest BCUT2D eigenvalue weighted by Crippen LogP contribution is 2.15. The Labute approximate surface area is 151 Å². The van der Waals surface area contributed by atoms with Gasteiger partial charge in [0.25, 0.3) is 5.91 Å². The molecule has 1 saturated heterocycles. The highest BCUT2D eigenvalue weighted by atomic mass is 16.2. The first kappa shape index (κ1) is 16.5. The van der Waals surface area contributed by atoms with Crippen molar-refractivity contribution >= 4 is 17.4 Å². The topological polar surface area (TPSA) is 87.5 Å². The number of anilines is 1. The average molecular weight is 351 g/mol. The van der Waals surface area contributed by atoms with Crippen LogP contribution < -0.4 is 10.6 Å². The van der Waals surface area contributed by atoms with Crippen molar-refractivity contribution in [2.45, 2.75) is 19.0 Å². The summed E-state index contributed by atoms with van der Waals surface area (Å²) < 4.78 is 1.74. The number of fused-ring (bicyclic) bond motifs is 1. The second-order valence-electron chi connectivity index (χ2n) is 6.37. The predicted octanol–water partition coefficient (Wildman–Crippen LogP) is 1.17. The standard InChI is InChI=1S/C18H21N7O/c1-19-15-5-8-24(12-15)18(26)13-3-4-16(21-9-13)22-10-14-11-23-25-7-2-6-20-17(14)25/h2-4,6-7,9,11,15,19H,5,8,10,12H2,1H3,(H,21,22)/t15-/m0/s1. The van der Waals surface area contributed by atoms with Crippen molar-refractivity contribution in [3.63, 3.8) is 0 Å². The fourth-order valence-corrected chi connectivity index (χ4v) is 3.17. The molecule has 3 aromatic rings. The quantitative estimate of drug-likeness (QED) is 0.717. The van der Waals surface area contributed by atoms with Crippen LogP contribution >= 0.6 is 0 Å². The third-order valence-electron chi connectivity index (χ3n) is 4.71. The summed E-state index contributed by atoms with van der Waals surface area (Å²) in [4.78, 5) is 23.1. The summed E-state index contributed by atoms with van der Waals surface area (Å²) in [5.41, 5.74) is 2.42. The fraction of sp³-hybridized carbons (Fsp3) is 0.333. The van der Waals surface area contributed by atoms with E-state index in [4.69, 9.17) is 0 Å². The van der Waals surface area contributed by atoms with E-state index in [1.807, 2.05) is 36.3 Å². The lowest BCUT2D eigenvalue weighted by Crippen LogP contribution is -2.33. The van der Waals surface area contributed by atoms with Gasteiger partial charge in [0.15, 0.2) is 5.65 Å². The molecule has 2 N–H and O–H groups in total. The molecule has 0 aromatic carbocycles. The summed E-state index contributed by atoms with van der Waals surface area (Å²) >= 11 is 0. The minimum Gasteiger partial charge on any atom is -0.366 e. The average Bonchev–Trinajstić information content (AvgIpc) is 3.33. The summed E-state index contributed by atoms with van der Waals surface area (Å²) in [5.74, 6) is 0.750. The van der Waals surface area contributed by atoms with Gasteiger partial charge >= 0.3 is 0 Å². The van der Waals surface area contributed by atoms with Crippen LogP contribution in [-0.4, -0.2) is 56.6 Å². The van der Waals surface area contributed by atoms with Crippen molar-refractivity contribution in [2.75, 3.05) is 25.5 Å². The van der Waals surface area contributed by atoms with Gasteiger partial charge in [-0.25, -0.2) is 14.5 Å². The normalized spacial score (nSPS) is 17.0. The van der Waals surface area contributed by atoms with E-state index in [9.17, 15) is 4.79 Å². The Hall–Kier alpha value is -3.00. The van der Waals surface area contributed by atoms with Crippen LogP contribution in [0.25, 0.3) is 5.65 Å². The third-order valence-corrected chi connectivity index (χ3v) is 4.71. The van der Waals surface area contributed by atoms with E-state index in [1.54, 1.807) is 23.1 Å². The number of likely N-dealkylation sites (N-methyl/N-ethyl adjacent to an activating group) is 1. The molecule has 26 heavy (non-hydrogen) atoms. The highest BCUT2D eigenvalue weighted by Gasteiger charge is 2.25. The molecule has 4 heterocycles. The minimum atomic E-state index is 0.0358. The highest BCUT2D eigenvalue weighted by molar-refractivity contribution is 5.94. The molecule has 8 nitrogen and oxygen atoms in total. The summed E-state index contributed by atoms with van der Waals surface area (Å²) in [6.45, 7) is 2.10. The molecule has 0 bridgehead atoms. The second-order valence-corrected chi connectivity index (χ2v) is 6.37. The molecule has 134 valence electrons. The third kappa shape index (κ3) is 3.23. The molecule has 0 unspecified atom stereocenters. The number of pyridine rings is 1. The number of carbonyl (C=O) groups excluding carboxylic acids is 1. The lowest BCUT2D eigenvalue weighted by molar-refractivity contribution is 0.0789. The van der Waals surface area contributed by atoms with Gasteiger partial charge in [-0.15, -0.1) is 0 Å². The van der Waals surface area contributed by atoms with Gasteiger partial charge in [-0.2, -0.15) is 5.10 Å². The zero-order chi connectivity index (χ0) is 17.9. The van der Waals surface area contributed by atoms with Crippen LogP contribution in [0.2, 0.25) is 0 Å². The molecule has 0 radical (unpaired) electrons. The number of aromatic nitrogens is 4. The summed E-state index contributed by atoms with van der Waals surface area (Å²) in [7, 11) is 1.93. The van der Waals surface area contributed by atoms with Crippen LogP contribution in [0.15, 0.2) is 43.0 Å². The van der Waals surface area contributed by atoms with Crippen LogP contribution in [0.1, 0.15) is 22.3 Å². The second kappa shape index (κ2) is 7.09. The summed E-state index contributed by atoms with van der Waals surface area (Å²) in [6, 6.07) is 5.87. The molecule has 3 aromatic heterocycles. The molecule has 0 spiro atoms. The van der Waals surface area contributed by atoms with Gasteiger partial charge in [0.1, 0.15) is 5.82 Å². The molecule has 1 aliphatic rings. The number of carbonyl (C=O) groups is 1. The number of hydrogen-bond donors (Lipinski definition) is 2. The molecular formula is C18H21N7O. The zero-order valence-corrected chi connectivity index (χ0v) is 14.6. The molecule has 4 rings (SSSR count). The number of likely N-dealkylation sites (tertiary alicyclic amines) is 1. The van der Waals surface area contributed by atoms with Gasteiger partial charge in [-0.1, -0.05) is 0 Å². The van der Waals surface area contributed by atoms with Gasteiger partial charge in [0, 0.05) is 49.8 Å². The molecule has 1 atom stereocenters. The van der Waals surface area contributed by atoms with Crippen LogP contribution in [0.5, 0.6) is 0 Å². The first-order valence-corrected chi connectivity index (χ1v) is 8.68. The van der Waals surface area contributed by atoms with Crippen LogP contribution in [0.3, 0.4) is 0 Å². The van der Waals surface area contributed by atoms with Crippen molar-refractivity contribution in [3.8, 4) is 0 Å². The maximum atomic E-state index is 12.5. The number of nitrogens with one attached hydrogen (secondary N) is 2. The van der Waals surface area contributed by atoms with E-state index in [0.717, 1.165) is 30.7 Å². The maximum Gasteiger partial charge on any atom is 0.255 e. The van der Waals surface area contributed by atoms with Gasteiger partial charge in [0.2, 0.25) is 0 Å². The molecule has 8 heteroatoms. The Morgan fingerprint density at radius 2 is 2.23 bits per heavy atom. The molecule has 0 aliphatic carbocycles. The van der Waals surface area contributed by atoms with Gasteiger partial charge in [0.05, 0.1) is 11.8 Å². The molecule has 1 aliphatic heterocycles. The van der Waals surface area contributed by atoms with E-state index in [-0.39, 0.29) is 5.91 Å². The summed E-state index contributed by atoms with van der Waals surface area (Å²) in [5, 5.41) is 10.7. The summed E-state index contributed by atoms with van der Waals surface area (Å²) in [6.07, 6.45) is 8.02. The SMILES string of the molecule is CN[C@H]1CCN(C(=O)c2ccc(NCc3cnn4cccnc34)nc2)C1. The van der Waals surface area contributed by atoms with E-state index in [1.165, 1.54) is 0 Å². The van der Waals surface area contributed by atoms with E-state index < -0.39 is 0 Å². The Bertz CT molecular complexity index is 905. The van der Waals surface area contributed by atoms with Gasteiger partial charge in [-0.3, -0.25) is 4.79 Å². The smallest absolute Gasteiger partial charge is 0.255 e. The van der Waals surface area contributed by atoms with Crippen molar-refractivity contribution < 1.29 is 4.79 Å². The molecule has 1 amide bonds. The Balaban J connectivity index is 1.39. The lowest BCUT2D eigenvalue weighted by Gasteiger charge is -2.16. The van der Waals surface area contributed by atoms with Crippen molar-refractivity contribution in [2.24, 2.45) is 0 Å². The first-order chi connectivity index (χ1) is 12.7. The van der Waals surface area contributed by atoms with Crippen LogP contribution in [-0.2, 0) is 6.54 Å². The van der Waals surface area contributed by atoms with E-state index in [2.05, 4.69) is 25.7 Å². The van der Waals surface area contributed by atoms with Gasteiger partial charge < -0.3 is 15.5 Å². The van der Waals surface area contributed by atoms with Crippen molar-refractivity contribution in [1.82, 2.24) is 29.8 Å². The largest absolute Gasteiger partial charge is 0.366 e. The van der Waals surface area contributed by atoms with Crippen molar-refractivity contribution in [1.29, 1.82) is 0 Å². The van der Waals surface area contributed by atoms with Crippen LogP contribution in [0.4, 0.5) is 5.82 Å². The number of hydrogen-bond acceptors (Lipinski definition) is 6. The molecule has 0 saturated carbocycles. The monoisotopic (exact) mass is 351 g/mol. The number of amides is 1. The Morgan fingerprint density at radius 3 is 3.00 bits per heavy atom. The molecule has 1 fully saturated rings. The fourth-order valence-electron chi connectivity index (χ4n) is 3.17. The lowest BCUT2D eigenvalue weighted by atomic mass is 10.2. The van der Waals surface area contributed by atoms with Gasteiger partial charge in [-0.05, 0) is 31.7 Å². The van der Waals surface area contributed by atoms with E-state index >= 15 is 0 Å². The zero-order valence-electron chi connectivity index (χ0n) is 14.6.